The van der Waals surface area contributed by atoms with Gasteiger partial charge in [-0.15, -0.1) is 0 Å². The second-order valence-electron chi connectivity index (χ2n) is 8.65. The number of hydrazone groups is 1. The van der Waals surface area contributed by atoms with Gasteiger partial charge in [0.15, 0.2) is 0 Å². The minimum absolute atomic E-state index is 0.232. The van der Waals surface area contributed by atoms with Crippen LogP contribution in [0.25, 0.3) is 0 Å². The second-order valence-corrected chi connectivity index (χ2v) is 9.76. The summed E-state index contributed by atoms with van der Waals surface area (Å²) in [6.45, 7) is 10.4. The van der Waals surface area contributed by atoms with Gasteiger partial charge in [-0.05, 0) is 73.5 Å². The Bertz CT molecular complexity index is 937. The first kappa shape index (κ1) is 25.2. The van der Waals surface area contributed by atoms with Crippen LogP contribution in [0.5, 0.6) is 0 Å². The molecule has 1 aromatic rings. The zero-order chi connectivity index (χ0) is 23.8. The SMILES string of the molecule is CCCN1CCN(S/C(C=N)=N/NC)CC1c1cc(C=N)c(NC2=CCC(C)C=C2)cc1C. The number of piperazine rings is 1. The number of nitrogens with one attached hydrogen (secondary N) is 4. The Balaban J connectivity index is 1.87. The van der Waals surface area contributed by atoms with Crippen LogP contribution < -0.4 is 10.7 Å². The van der Waals surface area contributed by atoms with E-state index in [9.17, 15) is 0 Å². The van der Waals surface area contributed by atoms with Crippen molar-refractivity contribution < 1.29 is 0 Å². The molecular formula is C25H37N7S. The first-order valence-corrected chi connectivity index (χ1v) is 12.5. The van der Waals surface area contributed by atoms with E-state index in [2.05, 4.69) is 76.2 Å². The lowest BCUT2D eigenvalue weighted by atomic mass is 9.94. The van der Waals surface area contributed by atoms with Gasteiger partial charge in [-0.1, -0.05) is 26.0 Å². The molecule has 1 heterocycles. The number of hydrogen-bond donors (Lipinski definition) is 4. The van der Waals surface area contributed by atoms with Crippen LogP contribution in [0, 0.1) is 23.7 Å². The van der Waals surface area contributed by atoms with Crippen molar-refractivity contribution in [1.82, 2.24) is 14.6 Å². The quantitative estimate of drug-likeness (QED) is 0.182. The Labute approximate surface area is 202 Å². The smallest absolute Gasteiger partial charge is 0.149 e. The molecule has 1 aliphatic heterocycles. The van der Waals surface area contributed by atoms with Crippen molar-refractivity contribution in [3.63, 3.8) is 0 Å². The summed E-state index contributed by atoms with van der Waals surface area (Å²) in [5.41, 5.74) is 8.26. The fourth-order valence-electron chi connectivity index (χ4n) is 4.35. The van der Waals surface area contributed by atoms with Crippen LogP contribution >= 0.6 is 11.9 Å². The maximum atomic E-state index is 8.07. The van der Waals surface area contributed by atoms with Gasteiger partial charge in [0.1, 0.15) is 5.04 Å². The Hall–Kier alpha value is -2.42. The van der Waals surface area contributed by atoms with E-state index in [1.54, 1.807) is 7.05 Å². The normalized spacial score (nSPS) is 22.1. The van der Waals surface area contributed by atoms with E-state index in [1.165, 1.54) is 35.5 Å². The Morgan fingerprint density at radius 1 is 1.30 bits per heavy atom. The lowest BCUT2D eigenvalue weighted by Gasteiger charge is -2.41. The van der Waals surface area contributed by atoms with E-state index >= 15 is 0 Å². The lowest BCUT2D eigenvalue weighted by molar-refractivity contribution is 0.124. The lowest BCUT2D eigenvalue weighted by Crippen LogP contribution is -2.46. The van der Waals surface area contributed by atoms with Gasteiger partial charge in [-0.2, -0.15) is 5.10 Å². The predicted octanol–water partition coefficient (Wildman–Crippen LogP) is 4.78. The van der Waals surface area contributed by atoms with Gasteiger partial charge in [0, 0.05) is 55.9 Å². The van der Waals surface area contributed by atoms with Crippen LogP contribution in [0.15, 0.2) is 41.2 Å². The zero-order valence-corrected chi connectivity index (χ0v) is 21.0. The molecule has 8 heteroatoms. The molecule has 0 spiro atoms. The van der Waals surface area contributed by atoms with Crippen molar-refractivity contribution in [3.05, 3.63) is 52.7 Å². The van der Waals surface area contributed by atoms with Crippen molar-refractivity contribution >= 4 is 35.1 Å². The Kier molecular flexibility index (Phi) is 9.29. The molecule has 2 unspecified atom stereocenters. The molecule has 33 heavy (non-hydrogen) atoms. The molecule has 1 saturated heterocycles. The van der Waals surface area contributed by atoms with Crippen molar-refractivity contribution in [2.24, 2.45) is 11.0 Å². The molecule has 0 amide bonds. The van der Waals surface area contributed by atoms with Gasteiger partial charge in [0.25, 0.3) is 0 Å². The minimum Gasteiger partial charge on any atom is -0.355 e. The average molecular weight is 468 g/mol. The fourth-order valence-corrected chi connectivity index (χ4v) is 5.19. The van der Waals surface area contributed by atoms with Crippen molar-refractivity contribution in [2.75, 3.05) is 38.5 Å². The highest BCUT2D eigenvalue weighted by Gasteiger charge is 2.30. The number of allylic oxidation sites excluding steroid dienone is 3. The molecule has 0 bridgehead atoms. The van der Waals surface area contributed by atoms with E-state index in [4.69, 9.17) is 10.8 Å². The monoisotopic (exact) mass is 467 g/mol. The maximum absolute atomic E-state index is 8.07. The highest BCUT2D eigenvalue weighted by atomic mass is 32.2. The largest absolute Gasteiger partial charge is 0.355 e. The first-order chi connectivity index (χ1) is 16.0. The van der Waals surface area contributed by atoms with Gasteiger partial charge in [-0.3, -0.25) is 4.90 Å². The van der Waals surface area contributed by atoms with Crippen LogP contribution in [-0.2, 0) is 0 Å². The summed E-state index contributed by atoms with van der Waals surface area (Å²) >= 11 is 1.53. The molecule has 1 aliphatic carbocycles. The maximum Gasteiger partial charge on any atom is 0.149 e. The van der Waals surface area contributed by atoms with Crippen LogP contribution in [0.1, 0.15) is 49.4 Å². The van der Waals surface area contributed by atoms with Gasteiger partial charge in [0.2, 0.25) is 0 Å². The molecule has 0 saturated carbocycles. The van der Waals surface area contributed by atoms with E-state index in [0.29, 0.717) is 11.0 Å². The molecule has 0 radical (unpaired) electrons. The summed E-state index contributed by atoms with van der Waals surface area (Å²) in [5, 5.41) is 24.1. The summed E-state index contributed by atoms with van der Waals surface area (Å²) < 4.78 is 2.30. The van der Waals surface area contributed by atoms with E-state index in [1.807, 2.05) is 0 Å². The third kappa shape index (κ3) is 6.56. The molecular weight excluding hydrogens is 430 g/mol. The summed E-state index contributed by atoms with van der Waals surface area (Å²) in [7, 11) is 1.75. The topological polar surface area (TPSA) is 90.6 Å². The summed E-state index contributed by atoms with van der Waals surface area (Å²) in [5.74, 6) is 0.574. The summed E-state index contributed by atoms with van der Waals surface area (Å²) in [4.78, 5) is 2.55. The summed E-state index contributed by atoms with van der Waals surface area (Å²) in [6.07, 6.45) is 11.5. The number of anilines is 1. The molecule has 1 aromatic carbocycles. The second kappa shape index (κ2) is 12.2. The molecule has 2 atom stereocenters. The van der Waals surface area contributed by atoms with Crippen molar-refractivity contribution in [1.29, 1.82) is 10.8 Å². The number of hydrogen-bond acceptors (Lipinski definition) is 8. The van der Waals surface area contributed by atoms with Crippen molar-refractivity contribution in [3.8, 4) is 0 Å². The third-order valence-electron chi connectivity index (χ3n) is 6.08. The van der Waals surface area contributed by atoms with Gasteiger partial charge < -0.3 is 21.6 Å². The van der Waals surface area contributed by atoms with Gasteiger partial charge >= 0.3 is 0 Å². The highest BCUT2D eigenvalue weighted by molar-refractivity contribution is 8.13. The molecule has 3 rings (SSSR count). The number of nitrogens with zero attached hydrogens (tertiary/aromatic N) is 3. The van der Waals surface area contributed by atoms with Crippen LogP contribution in [0.4, 0.5) is 5.69 Å². The van der Waals surface area contributed by atoms with E-state index in [-0.39, 0.29) is 6.04 Å². The van der Waals surface area contributed by atoms with Gasteiger partial charge in [-0.25, -0.2) is 4.31 Å². The van der Waals surface area contributed by atoms with E-state index in [0.717, 1.165) is 56.0 Å². The molecule has 4 N–H and O–H groups in total. The van der Waals surface area contributed by atoms with E-state index < -0.39 is 0 Å². The highest BCUT2D eigenvalue weighted by Crippen LogP contribution is 2.34. The van der Waals surface area contributed by atoms with Crippen LogP contribution in [0.2, 0.25) is 0 Å². The number of benzene rings is 1. The Morgan fingerprint density at radius 3 is 2.76 bits per heavy atom. The number of rotatable bonds is 9. The van der Waals surface area contributed by atoms with Crippen LogP contribution in [0.3, 0.4) is 0 Å². The molecule has 1 fully saturated rings. The van der Waals surface area contributed by atoms with Crippen molar-refractivity contribution in [2.45, 2.75) is 39.7 Å². The third-order valence-corrected chi connectivity index (χ3v) is 7.06. The van der Waals surface area contributed by atoms with Crippen LogP contribution in [-0.4, -0.2) is 59.9 Å². The molecule has 2 aliphatic rings. The summed E-state index contributed by atoms with van der Waals surface area (Å²) in [6, 6.07) is 4.60. The number of aryl methyl sites for hydroxylation is 1. The Morgan fingerprint density at radius 2 is 2.12 bits per heavy atom. The molecule has 0 aromatic heterocycles. The standard InChI is InChI=1S/C25H37N7S/c1-5-10-31-11-12-32(33-25(16-27)30-28-4)17-24(31)22-14-20(15-26)23(13-19(22)3)29-21-8-6-18(2)7-9-21/h6,8-9,13-16,18,24,26-29H,5,7,10-12,17H2,1-4H3/b26-15?,27-16?,30-25+. The van der Waals surface area contributed by atoms with Gasteiger partial charge in [0.05, 0.1) is 6.21 Å². The average Bonchev–Trinajstić information content (AvgIpc) is 2.81. The molecule has 178 valence electrons. The minimum atomic E-state index is 0.232. The predicted molar refractivity (Wildman–Crippen MR) is 143 cm³/mol. The zero-order valence-electron chi connectivity index (χ0n) is 20.2. The first-order valence-electron chi connectivity index (χ1n) is 11.7. The fraction of sp³-hybridized carbons (Fsp3) is 0.480. The molecule has 7 nitrogen and oxygen atoms in total.